The molecule has 0 bridgehead atoms. The molecule has 0 spiro atoms. The van der Waals surface area contributed by atoms with E-state index in [0.717, 1.165) is 149 Å². The predicted molar refractivity (Wildman–Crippen MR) is 462 cm³/mol. The number of hydrogen-bond donors (Lipinski definition) is 5. The highest BCUT2D eigenvalue weighted by atomic mass is 19.3. The summed E-state index contributed by atoms with van der Waals surface area (Å²) >= 11 is 0. The number of hydrogen-bond acceptors (Lipinski definition) is 23. The SMILES string of the molecule is CN(CC1(F)COC1)c1nc(-c2cccc(-c3cnn(C)c3)c2)ncc1-c1cnn(C)c1.Cn1cc(-c2cccc(-c3ncc(-c4cnn(C)c4)c(NC4CC(F)(F)C4)n3)c2)cn1.Cn1cc(-c2cccc(-c3ncc(-c4cnn(C)c4)c(NC4CC(O)C4)n3)c2)cn1.Cn1cc(-c2cccc(-c3ncc(-c4cnn(C)c4)c(NC4CC(O)C4)n3)c2)cn1. The predicted octanol–water partition coefficient (Wildman–Crippen LogP) is 13.0. The molecular formula is C89H91F3N28O3. The molecule has 5 N–H and O–H groups in total. The fourth-order valence-electron chi connectivity index (χ4n) is 15.1. The summed E-state index contributed by atoms with van der Waals surface area (Å²) in [7, 11) is 16.9. The van der Waals surface area contributed by atoms with E-state index < -0.39 is 11.6 Å². The average molecular weight is 1660 g/mol. The molecule has 0 amide bonds. The molecular weight excluding hydrogens is 1570 g/mol. The van der Waals surface area contributed by atoms with Gasteiger partial charge in [0.2, 0.25) is 0 Å². The number of halogens is 3. The van der Waals surface area contributed by atoms with Gasteiger partial charge < -0.3 is 35.8 Å². The lowest BCUT2D eigenvalue weighted by Gasteiger charge is -2.37. The number of aromatic nitrogens is 24. The van der Waals surface area contributed by atoms with Gasteiger partial charge in [-0.2, -0.15) is 40.8 Å². The molecule has 4 aliphatic rings. The van der Waals surface area contributed by atoms with Crippen molar-refractivity contribution in [3.05, 3.63) is 221 Å². The number of aliphatic hydroxyl groups is 2. The van der Waals surface area contributed by atoms with Crippen LogP contribution in [0.25, 0.3) is 135 Å². The zero-order valence-corrected chi connectivity index (χ0v) is 69.2. The minimum Gasteiger partial charge on any atom is -0.393 e. The summed E-state index contributed by atoms with van der Waals surface area (Å²) in [5.41, 5.74) is 17.4. The fourth-order valence-corrected chi connectivity index (χ4v) is 15.1. The van der Waals surface area contributed by atoms with Crippen LogP contribution in [0.5, 0.6) is 0 Å². The average Bonchev–Trinajstić information content (AvgIpc) is 1.59. The van der Waals surface area contributed by atoms with Crippen LogP contribution in [0.1, 0.15) is 38.5 Å². The van der Waals surface area contributed by atoms with E-state index in [2.05, 4.69) is 101 Å². The minimum atomic E-state index is -2.61. The van der Waals surface area contributed by atoms with E-state index in [1.165, 1.54) is 0 Å². The van der Waals surface area contributed by atoms with Crippen LogP contribution in [0.4, 0.5) is 36.4 Å². The zero-order valence-electron chi connectivity index (χ0n) is 69.2. The normalized spacial score (nSPS) is 16.7. The smallest absolute Gasteiger partial charge is 0.252 e. The molecule has 3 saturated carbocycles. The van der Waals surface area contributed by atoms with Gasteiger partial charge in [0.05, 0.1) is 81.5 Å². The van der Waals surface area contributed by atoms with Gasteiger partial charge >= 0.3 is 0 Å². The van der Waals surface area contributed by atoms with E-state index in [1.54, 1.807) is 68.4 Å². The van der Waals surface area contributed by atoms with Crippen molar-refractivity contribution in [2.45, 2.75) is 80.4 Å². The monoisotopic (exact) mass is 1660 g/mol. The summed E-state index contributed by atoms with van der Waals surface area (Å²) in [6.45, 7) is 0.391. The van der Waals surface area contributed by atoms with Gasteiger partial charge in [0.15, 0.2) is 29.0 Å². The molecule has 4 aromatic carbocycles. The minimum absolute atomic E-state index is 0.102. The van der Waals surface area contributed by atoms with Crippen LogP contribution >= 0.6 is 0 Å². The summed E-state index contributed by atoms with van der Waals surface area (Å²) in [6, 6.07) is 32.3. The molecule has 12 aromatic heterocycles. The Bertz CT molecular complexity index is 6220. The molecule has 31 nitrogen and oxygen atoms in total. The lowest BCUT2D eigenvalue weighted by molar-refractivity contribution is -0.123. The van der Waals surface area contributed by atoms with E-state index in [1.807, 2.05) is 234 Å². The molecule has 123 heavy (non-hydrogen) atoms. The number of aryl methyl sites for hydroxylation is 8. The summed E-state index contributed by atoms with van der Waals surface area (Å²) < 4.78 is 60.7. The Balaban J connectivity index is 0.000000116. The molecule has 4 fully saturated rings. The number of nitrogens with zero attached hydrogens (tertiary/aromatic N) is 25. The number of aliphatic hydroxyl groups excluding tert-OH is 2. The van der Waals surface area contributed by atoms with Crippen molar-refractivity contribution < 1.29 is 28.1 Å². The van der Waals surface area contributed by atoms with E-state index in [0.29, 0.717) is 34.9 Å². The van der Waals surface area contributed by atoms with Gasteiger partial charge in [-0.25, -0.2) is 53.0 Å². The van der Waals surface area contributed by atoms with Gasteiger partial charge in [0.25, 0.3) is 5.92 Å². The first-order chi connectivity index (χ1) is 59.4. The maximum Gasteiger partial charge on any atom is 0.252 e. The second-order valence-electron chi connectivity index (χ2n) is 31.9. The lowest BCUT2D eigenvalue weighted by Crippen LogP contribution is -2.53. The van der Waals surface area contributed by atoms with Crippen molar-refractivity contribution >= 4 is 23.3 Å². The Morgan fingerprint density at radius 2 is 0.610 bits per heavy atom. The number of nitrogens with one attached hydrogen (secondary N) is 3. The van der Waals surface area contributed by atoms with Crippen LogP contribution in [0.2, 0.25) is 0 Å². The van der Waals surface area contributed by atoms with Crippen molar-refractivity contribution in [1.82, 2.24) is 118 Å². The highest BCUT2D eigenvalue weighted by Crippen LogP contribution is 2.42. The first-order valence-corrected chi connectivity index (χ1v) is 40.2. The van der Waals surface area contributed by atoms with Crippen molar-refractivity contribution in [2.24, 2.45) is 56.4 Å². The van der Waals surface area contributed by atoms with Gasteiger partial charge in [-0.3, -0.25) is 37.5 Å². The molecule has 0 atom stereocenters. The summed E-state index contributed by atoms with van der Waals surface area (Å²) in [4.78, 5) is 39.6. The van der Waals surface area contributed by atoms with E-state index in [4.69, 9.17) is 24.7 Å². The molecule has 3 aliphatic carbocycles. The molecule has 20 rings (SSSR count). The molecule has 626 valence electrons. The van der Waals surface area contributed by atoms with Crippen molar-refractivity contribution in [3.63, 3.8) is 0 Å². The van der Waals surface area contributed by atoms with E-state index in [-0.39, 0.29) is 62.9 Å². The van der Waals surface area contributed by atoms with E-state index >= 15 is 0 Å². The Morgan fingerprint density at radius 1 is 0.350 bits per heavy atom. The van der Waals surface area contributed by atoms with Gasteiger partial charge in [0, 0.05) is 258 Å². The largest absolute Gasteiger partial charge is 0.393 e. The Labute approximate surface area is 706 Å². The van der Waals surface area contributed by atoms with Crippen LogP contribution in [-0.2, 0) is 61.1 Å². The van der Waals surface area contributed by atoms with Gasteiger partial charge in [-0.15, -0.1) is 0 Å². The third-order valence-corrected chi connectivity index (χ3v) is 21.8. The summed E-state index contributed by atoms with van der Waals surface area (Å²) in [5.74, 6) is 2.49. The zero-order chi connectivity index (χ0) is 85.2. The second-order valence-corrected chi connectivity index (χ2v) is 31.9. The van der Waals surface area contributed by atoms with Crippen LogP contribution < -0.4 is 20.9 Å². The van der Waals surface area contributed by atoms with Crippen LogP contribution in [0.15, 0.2) is 221 Å². The fraction of sp³-hybridized carbons (Fsp3) is 0.281. The molecule has 16 aromatic rings. The van der Waals surface area contributed by atoms with Gasteiger partial charge in [0.1, 0.15) is 23.3 Å². The lowest BCUT2D eigenvalue weighted by atomic mass is 9.88. The third kappa shape index (κ3) is 18.9. The number of alkyl halides is 3. The summed E-state index contributed by atoms with van der Waals surface area (Å²) in [6.07, 6.45) is 39.1. The highest BCUT2D eigenvalue weighted by Gasteiger charge is 2.46. The van der Waals surface area contributed by atoms with Crippen LogP contribution in [0.3, 0.4) is 0 Å². The summed E-state index contributed by atoms with van der Waals surface area (Å²) in [5, 5.41) is 63.5. The quantitative estimate of drug-likeness (QED) is 0.0446. The van der Waals surface area contributed by atoms with E-state index in [9.17, 15) is 23.4 Å². The number of benzene rings is 4. The van der Waals surface area contributed by atoms with Crippen LogP contribution in [0, 0.1) is 0 Å². The third-order valence-electron chi connectivity index (χ3n) is 21.8. The highest BCUT2D eigenvalue weighted by molar-refractivity contribution is 5.82. The molecule has 1 saturated heterocycles. The first-order valence-electron chi connectivity index (χ1n) is 40.2. The Hall–Kier alpha value is -14.3. The number of anilines is 4. The molecule has 0 radical (unpaired) electrons. The number of rotatable bonds is 21. The molecule has 0 unspecified atom stereocenters. The number of ether oxygens (including phenoxy) is 1. The van der Waals surface area contributed by atoms with Crippen LogP contribution in [-0.4, -0.2) is 197 Å². The maximum absolute atomic E-state index is 14.8. The second kappa shape index (κ2) is 34.5. The molecule has 13 heterocycles. The van der Waals surface area contributed by atoms with Gasteiger partial charge in [-0.1, -0.05) is 72.8 Å². The molecule has 1 aliphatic heterocycles. The van der Waals surface area contributed by atoms with Crippen molar-refractivity contribution in [2.75, 3.05) is 47.7 Å². The first kappa shape index (κ1) is 81.1. The Morgan fingerprint density at radius 3 is 0.870 bits per heavy atom. The maximum atomic E-state index is 14.8. The van der Waals surface area contributed by atoms with Gasteiger partial charge in [-0.05, 0) is 72.2 Å². The standard InChI is InChI=1S/C23H24FN7O.C22H21F2N7.2C22H23N7O/c1-29(13-23(24)14-32-15-23)22-20(19-9-27-31(3)12-19)10-25-21(28-22)17-6-4-5-16(7-17)18-8-26-30(2)11-18;1-30-12-16(9-26-30)14-4-3-5-15(6-14)20-25-11-19(17-10-27-31(2)13-17)21(29-20)28-18-7-22(23,24)8-18;2*1-28-12-16(9-24-28)14-4-3-5-15(6-14)21-23-11-20(17-10-25-29(2)13-17)22(27-21)26-18-7-19(30)8-18/h4-12H,13-15H2,1-3H3;3-6,9-13,18H,7-8H2,1-2H3,(H,25,28,29);2*3-6,9-13,18-19,30H,7-8H2,1-2H3,(H,23,26,27). The van der Waals surface area contributed by atoms with Crippen molar-refractivity contribution in [1.29, 1.82) is 0 Å². The Kier molecular flexibility index (Phi) is 22.7. The van der Waals surface area contributed by atoms with Crippen molar-refractivity contribution in [3.8, 4) is 135 Å². The topological polar surface area (TPSA) is 335 Å². The molecule has 34 heteroatoms.